The summed E-state index contributed by atoms with van der Waals surface area (Å²) in [5, 5.41) is 12.6. The van der Waals surface area contributed by atoms with Crippen molar-refractivity contribution in [3.63, 3.8) is 0 Å². The van der Waals surface area contributed by atoms with Crippen molar-refractivity contribution < 1.29 is 14.3 Å². The number of carbonyl (C=O) groups is 1. The molecule has 4 heteroatoms. The van der Waals surface area contributed by atoms with Gasteiger partial charge >= 0.3 is 5.97 Å². The van der Waals surface area contributed by atoms with Crippen LogP contribution in [-0.4, -0.2) is 18.1 Å². The smallest absolute Gasteiger partial charge is 0.335 e. The lowest BCUT2D eigenvalue weighted by molar-refractivity contribution is 0.0697. The Balaban J connectivity index is 2.47. The molecule has 2 N–H and O–H groups in total. The summed E-state index contributed by atoms with van der Waals surface area (Å²) in [6, 6.07) is 6.67. The Labute approximate surface area is 86.5 Å². The largest absolute Gasteiger partial charge is 0.478 e. The van der Waals surface area contributed by atoms with Crippen LogP contribution in [-0.2, 0) is 6.54 Å². The van der Waals surface area contributed by atoms with E-state index >= 15 is 0 Å². The summed E-state index contributed by atoms with van der Waals surface area (Å²) in [4.78, 5) is 10.7. The SMILES string of the molecule is CNCc1cc2cc(C(=O)O)ccc2o1. The second kappa shape index (κ2) is 3.74. The van der Waals surface area contributed by atoms with Gasteiger partial charge in [-0.3, -0.25) is 0 Å². The van der Waals surface area contributed by atoms with Crippen LogP contribution >= 0.6 is 0 Å². The third-order valence-corrected chi connectivity index (χ3v) is 2.17. The highest BCUT2D eigenvalue weighted by atomic mass is 16.4. The molecule has 0 amide bonds. The molecule has 4 nitrogen and oxygen atoms in total. The van der Waals surface area contributed by atoms with Crippen molar-refractivity contribution in [3.8, 4) is 0 Å². The molecule has 0 radical (unpaired) electrons. The van der Waals surface area contributed by atoms with Crippen LogP contribution in [0.15, 0.2) is 28.7 Å². The first-order valence-corrected chi connectivity index (χ1v) is 4.61. The number of hydrogen-bond acceptors (Lipinski definition) is 3. The maximum absolute atomic E-state index is 10.7. The van der Waals surface area contributed by atoms with E-state index in [0.29, 0.717) is 12.1 Å². The number of carboxylic acid groups (broad SMARTS) is 1. The first-order chi connectivity index (χ1) is 7.20. The van der Waals surface area contributed by atoms with E-state index in [1.807, 2.05) is 13.1 Å². The predicted molar refractivity (Wildman–Crippen MR) is 55.9 cm³/mol. The monoisotopic (exact) mass is 205 g/mol. The van der Waals surface area contributed by atoms with Crippen LogP contribution in [0, 0.1) is 0 Å². The minimum absolute atomic E-state index is 0.277. The second-order valence-electron chi connectivity index (χ2n) is 3.30. The number of rotatable bonds is 3. The highest BCUT2D eigenvalue weighted by Gasteiger charge is 2.07. The van der Waals surface area contributed by atoms with Gasteiger partial charge in [0.15, 0.2) is 0 Å². The van der Waals surface area contributed by atoms with Gasteiger partial charge < -0.3 is 14.8 Å². The van der Waals surface area contributed by atoms with Crippen molar-refractivity contribution in [1.82, 2.24) is 5.32 Å². The van der Waals surface area contributed by atoms with Gasteiger partial charge in [-0.2, -0.15) is 0 Å². The lowest BCUT2D eigenvalue weighted by Gasteiger charge is -1.92. The molecule has 0 saturated heterocycles. The van der Waals surface area contributed by atoms with Gasteiger partial charge in [-0.1, -0.05) is 0 Å². The van der Waals surface area contributed by atoms with Gasteiger partial charge in [-0.05, 0) is 31.3 Å². The third-order valence-electron chi connectivity index (χ3n) is 2.17. The van der Waals surface area contributed by atoms with Gasteiger partial charge in [0.05, 0.1) is 12.1 Å². The van der Waals surface area contributed by atoms with Gasteiger partial charge in [0.25, 0.3) is 0 Å². The molecule has 0 saturated carbocycles. The molecule has 0 atom stereocenters. The van der Waals surface area contributed by atoms with E-state index in [0.717, 1.165) is 11.1 Å². The van der Waals surface area contributed by atoms with Crippen molar-refractivity contribution in [2.75, 3.05) is 7.05 Å². The van der Waals surface area contributed by atoms with Crippen molar-refractivity contribution in [2.24, 2.45) is 0 Å². The number of aromatic carboxylic acids is 1. The minimum atomic E-state index is -0.923. The van der Waals surface area contributed by atoms with Crippen LogP contribution < -0.4 is 5.32 Å². The average Bonchev–Trinajstić information content (AvgIpc) is 2.59. The molecule has 0 spiro atoms. The molecule has 0 fully saturated rings. The first kappa shape index (κ1) is 9.73. The lowest BCUT2D eigenvalue weighted by Crippen LogP contribution is -2.03. The molecule has 0 aliphatic rings. The van der Waals surface area contributed by atoms with E-state index in [9.17, 15) is 4.79 Å². The highest BCUT2D eigenvalue weighted by Crippen LogP contribution is 2.20. The summed E-state index contributed by atoms with van der Waals surface area (Å²) in [6.07, 6.45) is 0. The van der Waals surface area contributed by atoms with Crippen molar-refractivity contribution >= 4 is 16.9 Å². The van der Waals surface area contributed by atoms with Crippen molar-refractivity contribution in [2.45, 2.75) is 6.54 Å². The molecule has 0 unspecified atom stereocenters. The molecular weight excluding hydrogens is 194 g/mol. The van der Waals surface area contributed by atoms with E-state index in [1.54, 1.807) is 12.1 Å². The molecule has 2 rings (SSSR count). The van der Waals surface area contributed by atoms with E-state index in [-0.39, 0.29) is 5.56 Å². The van der Waals surface area contributed by atoms with Crippen LogP contribution in [0.25, 0.3) is 11.0 Å². The topological polar surface area (TPSA) is 62.5 Å². The first-order valence-electron chi connectivity index (χ1n) is 4.61. The maximum atomic E-state index is 10.7. The molecule has 2 aromatic rings. The predicted octanol–water partition coefficient (Wildman–Crippen LogP) is 1.85. The fourth-order valence-corrected chi connectivity index (χ4v) is 1.49. The quantitative estimate of drug-likeness (QED) is 0.802. The van der Waals surface area contributed by atoms with Crippen LogP contribution in [0.5, 0.6) is 0 Å². The Kier molecular flexibility index (Phi) is 2.43. The molecule has 1 aromatic heterocycles. The van der Waals surface area contributed by atoms with E-state index in [2.05, 4.69) is 5.32 Å². The van der Waals surface area contributed by atoms with Gasteiger partial charge in [-0.15, -0.1) is 0 Å². The van der Waals surface area contributed by atoms with E-state index in [1.165, 1.54) is 6.07 Å². The Morgan fingerprint density at radius 2 is 2.27 bits per heavy atom. The molecule has 0 aliphatic carbocycles. The molecule has 15 heavy (non-hydrogen) atoms. The van der Waals surface area contributed by atoms with Gasteiger partial charge in [-0.25, -0.2) is 4.79 Å². The highest BCUT2D eigenvalue weighted by molar-refractivity contribution is 5.93. The summed E-state index contributed by atoms with van der Waals surface area (Å²) < 4.78 is 5.49. The fourth-order valence-electron chi connectivity index (χ4n) is 1.49. The summed E-state index contributed by atoms with van der Waals surface area (Å²) in [6.45, 7) is 0.636. The van der Waals surface area contributed by atoms with E-state index in [4.69, 9.17) is 9.52 Å². The maximum Gasteiger partial charge on any atom is 0.335 e. The number of benzene rings is 1. The summed E-state index contributed by atoms with van der Waals surface area (Å²) in [5.74, 6) is -0.122. The molecular formula is C11H11NO3. The normalized spacial score (nSPS) is 10.7. The fraction of sp³-hybridized carbons (Fsp3) is 0.182. The van der Waals surface area contributed by atoms with Gasteiger partial charge in [0, 0.05) is 5.39 Å². The van der Waals surface area contributed by atoms with Crippen LogP contribution in [0.2, 0.25) is 0 Å². The number of furan rings is 1. The van der Waals surface area contributed by atoms with Crippen LogP contribution in [0.1, 0.15) is 16.1 Å². The Morgan fingerprint density at radius 3 is 2.93 bits per heavy atom. The standard InChI is InChI=1S/C11H11NO3/c1-12-6-9-5-8-4-7(11(13)14)2-3-10(8)15-9/h2-5,12H,6H2,1H3,(H,13,14). The molecule has 0 aliphatic heterocycles. The molecule has 78 valence electrons. The lowest BCUT2D eigenvalue weighted by atomic mass is 10.1. The average molecular weight is 205 g/mol. The summed E-state index contributed by atoms with van der Waals surface area (Å²) >= 11 is 0. The minimum Gasteiger partial charge on any atom is -0.478 e. The Hall–Kier alpha value is -1.81. The third kappa shape index (κ3) is 1.85. The summed E-state index contributed by atoms with van der Waals surface area (Å²) in [7, 11) is 1.83. The van der Waals surface area contributed by atoms with Gasteiger partial charge in [0.2, 0.25) is 0 Å². The van der Waals surface area contributed by atoms with Crippen molar-refractivity contribution in [3.05, 3.63) is 35.6 Å². The van der Waals surface area contributed by atoms with E-state index < -0.39 is 5.97 Å². The number of fused-ring (bicyclic) bond motifs is 1. The Morgan fingerprint density at radius 1 is 1.47 bits per heavy atom. The molecule has 1 aromatic carbocycles. The zero-order chi connectivity index (χ0) is 10.8. The van der Waals surface area contributed by atoms with Crippen LogP contribution in [0.3, 0.4) is 0 Å². The zero-order valence-electron chi connectivity index (χ0n) is 8.28. The number of nitrogens with one attached hydrogen (secondary N) is 1. The Bertz CT molecular complexity index is 502. The van der Waals surface area contributed by atoms with Crippen LogP contribution in [0.4, 0.5) is 0 Å². The van der Waals surface area contributed by atoms with Crippen molar-refractivity contribution in [1.29, 1.82) is 0 Å². The number of hydrogen-bond donors (Lipinski definition) is 2. The zero-order valence-corrected chi connectivity index (χ0v) is 8.28. The number of carboxylic acids is 1. The molecule has 0 bridgehead atoms. The molecule has 1 heterocycles. The van der Waals surface area contributed by atoms with Gasteiger partial charge in [0.1, 0.15) is 11.3 Å². The second-order valence-corrected chi connectivity index (χ2v) is 3.30. The summed E-state index contributed by atoms with van der Waals surface area (Å²) in [5.41, 5.74) is 0.990.